The number of likely N-dealkylation sites (N-methyl/N-ethyl adjacent to an activating group) is 1. The Balaban J connectivity index is 2.47. The van der Waals surface area contributed by atoms with E-state index in [1.807, 2.05) is 0 Å². The number of guanidine groups is 1. The van der Waals surface area contributed by atoms with Crippen molar-refractivity contribution in [2.75, 3.05) is 39.3 Å². The third-order valence-corrected chi connectivity index (χ3v) is 4.54. The number of carbonyl (C=O) groups excluding carboxylic acids is 1. The maximum absolute atomic E-state index is 11.6. The summed E-state index contributed by atoms with van der Waals surface area (Å²) < 4.78 is 0. The number of carbonyl (C=O) groups is 1. The summed E-state index contributed by atoms with van der Waals surface area (Å²) in [6.45, 7) is 16.1. The Labute approximate surface area is 154 Å². The first kappa shape index (κ1) is 21.7. The van der Waals surface area contributed by atoms with Crippen LogP contribution in [0.4, 0.5) is 0 Å². The monoisotopic (exact) mass is 353 g/mol. The molecule has 0 saturated heterocycles. The summed E-state index contributed by atoms with van der Waals surface area (Å²) >= 11 is 0. The highest BCUT2D eigenvalue weighted by Gasteiger charge is 2.28. The SMILES string of the molecule is CCNC(=NCC(CC(C)C)N(CC)CC)NCCNC(=O)C1CC1. The number of nitrogens with one attached hydrogen (secondary N) is 3. The zero-order valence-corrected chi connectivity index (χ0v) is 16.9. The van der Waals surface area contributed by atoms with Crippen LogP contribution in [0.5, 0.6) is 0 Å². The van der Waals surface area contributed by atoms with Gasteiger partial charge in [-0.3, -0.25) is 14.7 Å². The summed E-state index contributed by atoms with van der Waals surface area (Å²) in [5, 5.41) is 9.60. The lowest BCUT2D eigenvalue weighted by atomic mass is 10.0. The molecule has 25 heavy (non-hydrogen) atoms. The van der Waals surface area contributed by atoms with Crippen molar-refractivity contribution in [3.8, 4) is 0 Å². The smallest absolute Gasteiger partial charge is 0.223 e. The number of hydrogen-bond donors (Lipinski definition) is 3. The highest BCUT2D eigenvalue weighted by Crippen LogP contribution is 2.28. The molecule has 0 bridgehead atoms. The van der Waals surface area contributed by atoms with Crippen LogP contribution in [0, 0.1) is 11.8 Å². The third-order valence-electron chi connectivity index (χ3n) is 4.54. The fourth-order valence-electron chi connectivity index (χ4n) is 3.02. The minimum atomic E-state index is 0.197. The number of aliphatic imine (C=N–C) groups is 1. The van der Waals surface area contributed by atoms with Gasteiger partial charge in [-0.05, 0) is 45.2 Å². The molecular weight excluding hydrogens is 314 g/mol. The molecule has 0 radical (unpaired) electrons. The van der Waals surface area contributed by atoms with Crippen molar-refractivity contribution in [1.82, 2.24) is 20.9 Å². The van der Waals surface area contributed by atoms with Gasteiger partial charge in [0.05, 0.1) is 6.54 Å². The van der Waals surface area contributed by atoms with Crippen molar-refractivity contribution in [3.05, 3.63) is 0 Å². The molecule has 6 nitrogen and oxygen atoms in total. The predicted molar refractivity (Wildman–Crippen MR) is 106 cm³/mol. The van der Waals surface area contributed by atoms with Gasteiger partial charge in [0, 0.05) is 31.6 Å². The minimum absolute atomic E-state index is 0.197. The second-order valence-electron chi connectivity index (χ2n) is 7.22. The number of rotatable bonds is 12. The van der Waals surface area contributed by atoms with Gasteiger partial charge in [0.25, 0.3) is 0 Å². The average molecular weight is 354 g/mol. The van der Waals surface area contributed by atoms with Crippen LogP contribution in [0.2, 0.25) is 0 Å². The molecule has 0 aliphatic heterocycles. The molecule has 1 unspecified atom stereocenters. The lowest BCUT2D eigenvalue weighted by molar-refractivity contribution is -0.122. The van der Waals surface area contributed by atoms with Gasteiger partial charge in [-0.1, -0.05) is 27.7 Å². The predicted octanol–water partition coefficient (Wildman–Crippen LogP) is 1.82. The van der Waals surface area contributed by atoms with E-state index in [0.29, 0.717) is 25.0 Å². The largest absolute Gasteiger partial charge is 0.357 e. The van der Waals surface area contributed by atoms with Gasteiger partial charge in [-0.2, -0.15) is 0 Å². The van der Waals surface area contributed by atoms with Gasteiger partial charge >= 0.3 is 0 Å². The molecule has 1 rings (SSSR count). The fraction of sp³-hybridized carbons (Fsp3) is 0.895. The van der Waals surface area contributed by atoms with Gasteiger partial charge in [0.2, 0.25) is 5.91 Å². The van der Waals surface area contributed by atoms with Crippen molar-refractivity contribution in [3.63, 3.8) is 0 Å². The van der Waals surface area contributed by atoms with Gasteiger partial charge in [-0.15, -0.1) is 0 Å². The highest BCUT2D eigenvalue weighted by molar-refractivity contribution is 5.81. The van der Waals surface area contributed by atoms with E-state index in [0.717, 1.165) is 51.4 Å². The summed E-state index contributed by atoms with van der Waals surface area (Å²) in [6.07, 6.45) is 3.25. The van der Waals surface area contributed by atoms with E-state index >= 15 is 0 Å². The maximum Gasteiger partial charge on any atom is 0.223 e. The lowest BCUT2D eigenvalue weighted by Gasteiger charge is -2.30. The molecule has 3 N–H and O–H groups in total. The summed E-state index contributed by atoms with van der Waals surface area (Å²) in [6, 6.07) is 0.472. The second kappa shape index (κ2) is 12.1. The second-order valence-corrected chi connectivity index (χ2v) is 7.22. The average Bonchev–Trinajstić information content (AvgIpc) is 3.41. The van der Waals surface area contributed by atoms with E-state index in [2.05, 4.69) is 55.5 Å². The van der Waals surface area contributed by atoms with Crippen LogP contribution in [0.15, 0.2) is 4.99 Å². The molecule has 0 spiro atoms. The van der Waals surface area contributed by atoms with E-state index in [4.69, 9.17) is 4.99 Å². The molecule has 146 valence electrons. The van der Waals surface area contributed by atoms with Crippen LogP contribution in [-0.4, -0.2) is 62.1 Å². The Bertz CT molecular complexity index is 403. The molecule has 0 aromatic carbocycles. The number of amides is 1. The first-order valence-corrected chi connectivity index (χ1v) is 10.1. The molecule has 1 amide bonds. The number of hydrogen-bond acceptors (Lipinski definition) is 3. The molecule has 0 aromatic heterocycles. The van der Waals surface area contributed by atoms with Crippen molar-refractivity contribution < 1.29 is 4.79 Å². The Kier molecular flexibility index (Phi) is 10.5. The molecule has 0 aromatic rings. The Morgan fingerprint density at radius 1 is 1.08 bits per heavy atom. The topological polar surface area (TPSA) is 68.8 Å². The molecule has 0 heterocycles. The van der Waals surface area contributed by atoms with Crippen LogP contribution in [0.3, 0.4) is 0 Å². The van der Waals surface area contributed by atoms with Gasteiger partial charge in [0.15, 0.2) is 5.96 Å². The van der Waals surface area contributed by atoms with Crippen LogP contribution in [0.25, 0.3) is 0 Å². The molecular formula is C19H39N5O. The molecule has 6 heteroatoms. The Hall–Kier alpha value is -1.30. The fourth-order valence-corrected chi connectivity index (χ4v) is 3.02. The van der Waals surface area contributed by atoms with E-state index < -0.39 is 0 Å². The zero-order chi connectivity index (χ0) is 18.7. The van der Waals surface area contributed by atoms with Crippen molar-refractivity contribution in [1.29, 1.82) is 0 Å². The summed E-state index contributed by atoms with van der Waals surface area (Å²) in [5.41, 5.74) is 0. The quantitative estimate of drug-likeness (QED) is 0.284. The van der Waals surface area contributed by atoms with Gasteiger partial charge in [0.1, 0.15) is 0 Å². The van der Waals surface area contributed by atoms with Crippen LogP contribution in [-0.2, 0) is 4.79 Å². The first-order chi connectivity index (χ1) is 12.0. The normalized spacial score (nSPS) is 16.2. The van der Waals surface area contributed by atoms with Crippen LogP contribution < -0.4 is 16.0 Å². The maximum atomic E-state index is 11.6. The van der Waals surface area contributed by atoms with Crippen molar-refractivity contribution >= 4 is 11.9 Å². The van der Waals surface area contributed by atoms with E-state index in [1.165, 1.54) is 0 Å². The third kappa shape index (κ3) is 9.10. The Morgan fingerprint density at radius 3 is 2.24 bits per heavy atom. The lowest BCUT2D eigenvalue weighted by Crippen LogP contribution is -2.43. The van der Waals surface area contributed by atoms with Crippen LogP contribution >= 0.6 is 0 Å². The molecule has 1 atom stereocenters. The molecule has 1 aliphatic rings. The standard InChI is InChI=1S/C19H39N5O/c1-6-20-19(22-12-11-21-18(25)16-9-10-16)23-14-17(13-15(4)5)24(7-2)8-3/h15-17H,6-14H2,1-5H3,(H,21,25)(H2,20,22,23). The van der Waals surface area contributed by atoms with E-state index in [9.17, 15) is 4.79 Å². The highest BCUT2D eigenvalue weighted by atomic mass is 16.2. The molecule has 1 fully saturated rings. The van der Waals surface area contributed by atoms with Crippen molar-refractivity contribution in [2.24, 2.45) is 16.8 Å². The zero-order valence-electron chi connectivity index (χ0n) is 16.9. The molecule has 1 aliphatic carbocycles. The van der Waals surface area contributed by atoms with Gasteiger partial charge in [-0.25, -0.2) is 0 Å². The summed E-state index contributed by atoms with van der Waals surface area (Å²) in [4.78, 5) is 18.9. The summed E-state index contributed by atoms with van der Waals surface area (Å²) in [7, 11) is 0. The van der Waals surface area contributed by atoms with Crippen LogP contribution in [0.1, 0.15) is 53.9 Å². The minimum Gasteiger partial charge on any atom is -0.357 e. The first-order valence-electron chi connectivity index (χ1n) is 10.1. The van der Waals surface area contributed by atoms with Gasteiger partial charge < -0.3 is 16.0 Å². The van der Waals surface area contributed by atoms with E-state index in [1.54, 1.807) is 0 Å². The Morgan fingerprint density at radius 2 is 1.72 bits per heavy atom. The van der Waals surface area contributed by atoms with Crippen molar-refractivity contribution in [2.45, 2.75) is 59.9 Å². The number of nitrogens with zero attached hydrogens (tertiary/aromatic N) is 2. The summed E-state index contributed by atoms with van der Waals surface area (Å²) in [5.74, 6) is 1.97. The van der Waals surface area contributed by atoms with E-state index in [-0.39, 0.29) is 11.8 Å². The molecule has 1 saturated carbocycles.